The van der Waals surface area contributed by atoms with E-state index in [1.165, 1.54) is 12.1 Å². The number of likely N-dealkylation sites (tertiary alicyclic amines) is 1. The van der Waals surface area contributed by atoms with E-state index >= 15 is 0 Å². The van der Waals surface area contributed by atoms with Crippen LogP contribution < -0.4 is 10.1 Å². The van der Waals surface area contributed by atoms with Gasteiger partial charge in [-0.2, -0.15) is 0 Å². The molecule has 2 saturated heterocycles. The molecule has 150 valence electrons. The number of urea groups is 1. The zero-order valence-electron chi connectivity index (χ0n) is 16.0. The number of amides is 2. The van der Waals surface area contributed by atoms with Gasteiger partial charge in [0.2, 0.25) is 0 Å². The van der Waals surface area contributed by atoms with Crippen LogP contribution >= 0.6 is 0 Å². The minimum absolute atomic E-state index is 0.0461. The molecular weight excluding hydrogens is 349 g/mol. The van der Waals surface area contributed by atoms with Crippen molar-refractivity contribution in [3.63, 3.8) is 0 Å². The Morgan fingerprint density at radius 2 is 2.04 bits per heavy atom. The minimum Gasteiger partial charge on any atom is -0.491 e. The van der Waals surface area contributed by atoms with E-state index in [2.05, 4.69) is 10.2 Å². The lowest BCUT2D eigenvalue weighted by Crippen LogP contribution is -2.49. The fourth-order valence-electron chi connectivity index (χ4n) is 3.59. The second-order valence-electron chi connectivity index (χ2n) is 7.46. The minimum atomic E-state index is -0.330. The quantitative estimate of drug-likeness (QED) is 0.824. The van der Waals surface area contributed by atoms with Crippen molar-refractivity contribution in [2.75, 3.05) is 52.5 Å². The lowest BCUT2D eigenvalue weighted by atomic mass is 9.96. The first kappa shape index (κ1) is 19.9. The molecule has 1 aromatic rings. The van der Waals surface area contributed by atoms with Gasteiger partial charge in [0.25, 0.3) is 0 Å². The Morgan fingerprint density at radius 1 is 1.30 bits per heavy atom. The van der Waals surface area contributed by atoms with Crippen molar-refractivity contribution in [1.82, 2.24) is 15.1 Å². The summed E-state index contributed by atoms with van der Waals surface area (Å²) in [6.45, 7) is 8.58. The summed E-state index contributed by atoms with van der Waals surface area (Å²) in [7, 11) is 0. The number of piperidine rings is 1. The maximum absolute atomic E-state index is 13.2. The maximum atomic E-state index is 13.2. The second kappa shape index (κ2) is 9.90. The first-order chi connectivity index (χ1) is 13.1. The van der Waals surface area contributed by atoms with Gasteiger partial charge >= 0.3 is 6.03 Å². The number of carbonyl (C=O) groups is 1. The summed E-state index contributed by atoms with van der Waals surface area (Å²) in [5.74, 6) is 0.796. The van der Waals surface area contributed by atoms with Crippen LogP contribution in [0.3, 0.4) is 0 Å². The maximum Gasteiger partial charge on any atom is 0.317 e. The summed E-state index contributed by atoms with van der Waals surface area (Å²) in [4.78, 5) is 16.8. The van der Waals surface area contributed by atoms with E-state index < -0.39 is 0 Å². The molecule has 7 heteroatoms. The van der Waals surface area contributed by atoms with E-state index in [9.17, 15) is 9.18 Å². The molecule has 0 radical (unpaired) electrons. The van der Waals surface area contributed by atoms with E-state index in [1.54, 1.807) is 12.1 Å². The molecule has 2 aliphatic heterocycles. The van der Waals surface area contributed by atoms with Gasteiger partial charge in [-0.05, 0) is 37.8 Å². The molecule has 0 bridgehead atoms. The van der Waals surface area contributed by atoms with Crippen LogP contribution in [0.2, 0.25) is 0 Å². The summed E-state index contributed by atoms with van der Waals surface area (Å²) >= 11 is 0. The Bertz CT molecular complexity index is 602. The van der Waals surface area contributed by atoms with E-state index in [0.29, 0.717) is 18.3 Å². The number of hydrogen-bond donors (Lipinski definition) is 1. The van der Waals surface area contributed by atoms with Gasteiger partial charge in [0.15, 0.2) is 0 Å². The Morgan fingerprint density at radius 3 is 2.74 bits per heavy atom. The summed E-state index contributed by atoms with van der Waals surface area (Å²) in [5.41, 5.74) is 0. The van der Waals surface area contributed by atoms with Crippen LogP contribution in [0, 0.1) is 11.7 Å². The van der Waals surface area contributed by atoms with Gasteiger partial charge < -0.3 is 19.7 Å². The average molecular weight is 379 g/mol. The smallest absolute Gasteiger partial charge is 0.317 e. The lowest BCUT2D eigenvalue weighted by Gasteiger charge is -2.36. The molecule has 0 spiro atoms. The van der Waals surface area contributed by atoms with Crippen LogP contribution in [0.25, 0.3) is 0 Å². The fraction of sp³-hybridized carbons (Fsp3) is 0.650. The molecule has 2 amide bonds. The van der Waals surface area contributed by atoms with E-state index in [-0.39, 0.29) is 17.9 Å². The molecule has 1 aromatic carbocycles. The summed E-state index contributed by atoms with van der Waals surface area (Å²) in [6.07, 6.45) is 2.08. The van der Waals surface area contributed by atoms with Gasteiger partial charge in [0, 0.05) is 38.8 Å². The highest BCUT2D eigenvalue weighted by Crippen LogP contribution is 2.19. The van der Waals surface area contributed by atoms with Crippen molar-refractivity contribution >= 4 is 6.03 Å². The van der Waals surface area contributed by atoms with E-state index in [0.717, 1.165) is 58.8 Å². The third kappa shape index (κ3) is 6.36. The Kier molecular flexibility index (Phi) is 7.29. The third-order valence-electron chi connectivity index (χ3n) is 5.19. The van der Waals surface area contributed by atoms with Crippen molar-refractivity contribution in [3.8, 4) is 5.75 Å². The van der Waals surface area contributed by atoms with Crippen molar-refractivity contribution in [1.29, 1.82) is 0 Å². The van der Waals surface area contributed by atoms with Gasteiger partial charge in [0.05, 0.1) is 19.3 Å². The molecule has 0 aliphatic carbocycles. The topological polar surface area (TPSA) is 54.0 Å². The monoisotopic (exact) mass is 379 g/mol. The number of rotatable bonds is 6. The largest absolute Gasteiger partial charge is 0.491 e. The molecule has 0 unspecified atom stereocenters. The summed E-state index contributed by atoms with van der Waals surface area (Å²) in [6, 6.07) is 5.84. The molecule has 1 atom stereocenters. The first-order valence-corrected chi connectivity index (χ1v) is 9.84. The van der Waals surface area contributed by atoms with Gasteiger partial charge in [-0.15, -0.1) is 0 Å². The molecule has 6 nitrogen and oxygen atoms in total. The van der Waals surface area contributed by atoms with Crippen LogP contribution in [0.15, 0.2) is 24.3 Å². The predicted molar refractivity (Wildman–Crippen MR) is 101 cm³/mol. The van der Waals surface area contributed by atoms with Gasteiger partial charge in [0.1, 0.15) is 18.2 Å². The third-order valence-corrected chi connectivity index (χ3v) is 5.19. The number of morpholine rings is 1. The highest BCUT2D eigenvalue weighted by atomic mass is 19.1. The van der Waals surface area contributed by atoms with Crippen molar-refractivity contribution in [2.24, 2.45) is 5.92 Å². The highest BCUT2D eigenvalue weighted by molar-refractivity contribution is 5.74. The van der Waals surface area contributed by atoms with Gasteiger partial charge in [-0.3, -0.25) is 4.90 Å². The number of benzene rings is 1. The number of nitrogens with one attached hydrogen (secondary N) is 1. The molecular formula is C20H30FN3O3. The predicted octanol–water partition coefficient (Wildman–Crippen LogP) is 2.35. The van der Waals surface area contributed by atoms with Crippen LogP contribution in [0.5, 0.6) is 5.75 Å². The zero-order chi connectivity index (χ0) is 19.1. The van der Waals surface area contributed by atoms with E-state index in [4.69, 9.17) is 9.47 Å². The molecule has 1 N–H and O–H groups in total. The lowest BCUT2D eigenvalue weighted by molar-refractivity contribution is 0.0258. The number of carbonyl (C=O) groups excluding carboxylic acids is 1. The van der Waals surface area contributed by atoms with Gasteiger partial charge in [-0.1, -0.05) is 6.07 Å². The van der Waals surface area contributed by atoms with Crippen molar-refractivity contribution < 1.29 is 18.7 Å². The molecule has 0 saturated carbocycles. The average Bonchev–Trinajstić information content (AvgIpc) is 2.68. The van der Waals surface area contributed by atoms with Gasteiger partial charge in [-0.25, -0.2) is 9.18 Å². The Labute approximate surface area is 160 Å². The standard InChI is InChI=1S/C20H30FN3O3/c1-16(15-27-19-4-2-3-18(21)13-19)22-20(25)24-7-5-17(6-8-24)14-23-9-11-26-12-10-23/h2-4,13,16-17H,5-12,14-15H2,1H3,(H,22,25)/t16-/m0/s1. The molecule has 27 heavy (non-hydrogen) atoms. The van der Waals surface area contributed by atoms with E-state index in [1.807, 2.05) is 11.8 Å². The molecule has 0 aromatic heterocycles. The second-order valence-corrected chi connectivity index (χ2v) is 7.46. The van der Waals surface area contributed by atoms with Crippen LogP contribution in [0.4, 0.5) is 9.18 Å². The number of ether oxygens (including phenoxy) is 2. The highest BCUT2D eigenvalue weighted by Gasteiger charge is 2.25. The fourth-order valence-corrected chi connectivity index (χ4v) is 3.59. The number of nitrogens with zero attached hydrogens (tertiary/aromatic N) is 2. The zero-order valence-corrected chi connectivity index (χ0v) is 16.0. The molecule has 3 rings (SSSR count). The van der Waals surface area contributed by atoms with Crippen molar-refractivity contribution in [3.05, 3.63) is 30.1 Å². The normalized spacial score (nSPS) is 20.3. The van der Waals surface area contributed by atoms with Crippen molar-refractivity contribution in [2.45, 2.75) is 25.8 Å². The summed E-state index contributed by atoms with van der Waals surface area (Å²) < 4.78 is 24.1. The van der Waals surface area contributed by atoms with Crippen LogP contribution in [-0.2, 0) is 4.74 Å². The Hall–Kier alpha value is -1.86. The summed E-state index contributed by atoms with van der Waals surface area (Å²) in [5, 5.41) is 2.97. The van der Waals surface area contributed by atoms with Crippen LogP contribution in [0.1, 0.15) is 19.8 Å². The molecule has 2 heterocycles. The van der Waals surface area contributed by atoms with Crippen LogP contribution in [-0.4, -0.2) is 74.4 Å². The molecule has 2 aliphatic rings. The Balaban J connectivity index is 1.34. The first-order valence-electron chi connectivity index (χ1n) is 9.84. The SMILES string of the molecule is C[C@@H](COc1cccc(F)c1)NC(=O)N1CCC(CN2CCOCC2)CC1. The molecule has 2 fully saturated rings. The number of hydrogen-bond acceptors (Lipinski definition) is 4. The number of halogens is 1.